The van der Waals surface area contributed by atoms with Gasteiger partial charge in [-0.1, -0.05) is 67.4 Å². The van der Waals surface area contributed by atoms with E-state index in [2.05, 4.69) is 5.32 Å². The van der Waals surface area contributed by atoms with Crippen LogP contribution in [0.3, 0.4) is 0 Å². The van der Waals surface area contributed by atoms with Crippen molar-refractivity contribution in [2.24, 2.45) is 0 Å². The molecule has 0 heterocycles. The topological polar surface area (TPSA) is 49.4 Å². The Labute approximate surface area is 179 Å². The van der Waals surface area contributed by atoms with Gasteiger partial charge in [0, 0.05) is 17.6 Å². The number of halogens is 1. The Kier molecular flexibility index (Phi) is 8.71. The maximum atomic E-state index is 13.2. The molecule has 0 saturated carbocycles. The second kappa shape index (κ2) is 11.0. The van der Waals surface area contributed by atoms with E-state index in [0.717, 1.165) is 23.1 Å². The van der Waals surface area contributed by atoms with Gasteiger partial charge in [0.05, 0.1) is 6.42 Å². The minimum absolute atomic E-state index is 0.0602. The van der Waals surface area contributed by atoms with Crippen molar-refractivity contribution in [3.05, 3.63) is 70.2 Å². The second-order valence-electron chi connectivity index (χ2n) is 7.55. The van der Waals surface area contributed by atoms with Crippen molar-refractivity contribution in [1.29, 1.82) is 0 Å². The Morgan fingerprint density at radius 2 is 1.55 bits per heavy atom. The Bertz CT molecular complexity index is 803. The van der Waals surface area contributed by atoms with E-state index in [1.165, 1.54) is 0 Å². The zero-order chi connectivity index (χ0) is 21.4. The van der Waals surface area contributed by atoms with Crippen LogP contribution in [0.4, 0.5) is 0 Å². The third-order valence-electron chi connectivity index (χ3n) is 5.13. The highest BCUT2D eigenvalue weighted by Crippen LogP contribution is 2.17. The minimum Gasteiger partial charge on any atom is -0.352 e. The summed E-state index contributed by atoms with van der Waals surface area (Å²) in [4.78, 5) is 27.8. The van der Waals surface area contributed by atoms with Crippen LogP contribution >= 0.6 is 11.6 Å². The number of benzene rings is 2. The number of amides is 2. The molecule has 0 aliphatic rings. The summed E-state index contributed by atoms with van der Waals surface area (Å²) in [6.07, 6.45) is 1.66. The predicted octanol–water partition coefficient (Wildman–Crippen LogP) is 4.91. The normalized spacial score (nSPS) is 12.9. The standard InChI is InChI=1S/C24H31ClN2O2/c1-5-18(4)26-24(29)22(6-2)27(16-20-11-13-21(25)14-12-20)23(28)15-19-9-7-17(3)8-10-19/h7-14,18,22H,5-6,15-16H2,1-4H3,(H,26,29)/t18-,22+/m0/s1. The van der Waals surface area contributed by atoms with Gasteiger partial charge < -0.3 is 10.2 Å². The molecule has 0 spiro atoms. The molecule has 29 heavy (non-hydrogen) atoms. The minimum atomic E-state index is -0.516. The molecule has 2 rings (SSSR count). The molecule has 0 aromatic heterocycles. The third-order valence-corrected chi connectivity index (χ3v) is 5.38. The lowest BCUT2D eigenvalue weighted by atomic mass is 10.1. The molecule has 1 N–H and O–H groups in total. The number of nitrogens with one attached hydrogen (secondary N) is 1. The van der Waals surface area contributed by atoms with Crippen LogP contribution in [-0.4, -0.2) is 28.8 Å². The molecule has 2 amide bonds. The molecule has 0 unspecified atom stereocenters. The Morgan fingerprint density at radius 3 is 2.10 bits per heavy atom. The molecule has 2 aromatic rings. The van der Waals surface area contributed by atoms with Gasteiger partial charge in [-0.3, -0.25) is 9.59 Å². The molecule has 5 heteroatoms. The number of carbonyl (C=O) groups is 2. The van der Waals surface area contributed by atoms with E-state index in [9.17, 15) is 9.59 Å². The highest BCUT2D eigenvalue weighted by Gasteiger charge is 2.29. The first-order valence-corrected chi connectivity index (χ1v) is 10.6. The Hall–Kier alpha value is -2.33. The third kappa shape index (κ3) is 6.90. The fourth-order valence-electron chi connectivity index (χ4n) is 3.13. The number of aryl methyl sites for hydroxylation is 1. The van der Waals surface area contributed by atoms with Gasteiger partial charge in [-0.25, -0.2) is 0 Å². The molecule has 0 radical (unpaired) electrons. The van der Waals surface area contributed by atoms with Crippen LogP contribution in [0, 0.1) is 6.92 Å². The first-order valence-electron chi connectivity index (χ1n) is 10.2. The van der Waals surface area contributed by atoms with Crippen LogP contribution in [0.15, 0.2) is 48.5 Å². The predicted molar refractivity (Wildman–Crippen MR) is 119 cm³/mol. The molecular weight excluding hydrogens is 384 g/mol. The quantitative estimate of drug-likeness (QED) is 0.633. The largest absolute Gasteiger partial charge is 0.352 e. The van der Waals surface area contributed by atoms with E-state index in [0.29, 0.717) is 18.0 Å². The van der Waals surface area contributed by atoms with Crippen molar-refractivity contribution < 1.29 is 9.59 Å². The monoisotopic (exact) mass is 414 g/mol. The van der Waals surface area contributed by atoms with Crippen LogP contribution in [0.2, 0.25) is 5.02 Å². The van der Waals surface area contributed by atoms with E-state index >= 15 is 0 Å². The van der Waals surface area contributed by atoms with Gasteiger partial charge in [-0.2, -0.15) is 0 Å². The molecule has 0 aliphatic heterocycles. The number of nitrogens with zero attached hydrogens (tertiary/aromatic N) is 1. The molecule has 0 bridgehead atoms. The average Bonchev–Trinajstić information content (AvgIpc) is 2.70. The van der Waals surface area contributed by atoms with Crippen molar-refractivity contribution in [2.45, 2.75) is 65.6 Å². The van der Waals surface area contributed by atoms with Gasteiger partial charge in [-0.05, 0) is 49.9 Å². The molecular formula is C24H31ClN2O2. The first-order chi connectivity index (χ1) is 13.8. The van der Waals surface area contributed by atoms with E-state index < -0.39 is 6.04 Å². The Morgan fingerprint density at radius 1 is 0.966 bits per heavy atom. The maximum absolute atomic E-state index is 13.2. The maximum Gasteiger partial charge on any atom is 0.243 e. The van der Waals surface area contributed by atoms with E-state index in [-0.39, 0.29) is 24.3 Å². The van der Waals surface area contributed by atoms with Crippen molar-refractivity contribution in [2.75, 3.05) is 0 Å². The van der Waals surface area contributed by atoms with Crippen molar-refractivity contribution >= 4 is 23.4 Å². The number of hydrogen-bond donors (Lipinski definition) is 1. The van der Waals surface area contributed by atoms with Crippen molar-refractivity contribution in [1.82, 2.24) is 10.2 Å². The highest BCUT2D eigenvalue weighted by molar-refractivity contribution is 6.30. The number of hydrogen-bond acceptors (Lipinski definition) is 2. The zero-order valence-electron chi connectivity index (χ0n) is 17.7. The van der Waals surface area contributed by atoms with Gasteiger partial charge in [0.25, 0.3) is 0 Å². The fraction of sp³-hybridized carbons (Fsp3) is 0.417. The van der Waals surface area contributed by atoms with Crippen LogP contribution in [0.5, 0.6) is 0 Å². The summed E-state index contributed by atoms with van der Waals surface area (Å²) >= 11 is 6.00. The lowest BCUT2D eigenvalue weighted by Gasteiger charge is -2.31. The summed E-state index contributed by atoms with van der Waals surface area (Å²) in [5, 5.41) is 3.67. The average molecular weight is 415 g/mol. The summed E-state index contributed by atoms with van der Waals surface area (Å²) in [5.41, 5.74) is 3.04. The van der Waals surface area contributed by atoms with Crippen LogP contribution in [-0.2, 0) is 22.6 Å². The van der Waals surface area contributed by atoms with E-state index in [1.807, 2.05) is 64.1 Å². The molecule has 4 nitrogen and oxygen atoms in total. The van der Waals surface area contributed by atoms with Crippen molar-refractivity contribution in [3.8, 4) is 0 Å². The van der Waals surface area contributed by atoms with E-state index in [4.69, 9.17) is 11.6 Å². The van der Waals surface area contributed by atoms with Gasteiger partial charge in [-0.15, -0.1) is 0 Å². The summed E-state index contributed by atoms with van der Waals surface area (Å²) in [6.45, 7) is 8.33. The lowest BCUT2D eigenvalue weighted by Crippen LogP contribution is -2.51. The first kappa shape index (κ1) is 23.0. The summed E-state index contributed by atoms with van der Waals surface area (Å²) in [6, 6.07) is 14.9. The zero-order valence-corrected chi connectivity index (χ0v) is 18.5. The number of carbonyl (C=O) groups excluding carboxylic acids is 2. The second-order valence-corrected chi connectivity index (χ2v) is 7.99. The summed E-state index contributed by atoms with van der Waals surface area (Å²) in [5.74, 6) is -0.164. The van der Waals surface area contributed by atoms with Crippen LogP contribution in [0.1, 0.15) is 50.3 Å². The molecule has 0 fully saturated rings. The van der Waals surface area contributed by atoms with Crippen LogP contribution in [0.25, 0.3) is 0 Å². The van der Waals surface area contributed by atoms with E-state index in [1.54, 1.807) is 17.0 Å². The summed E-state index contributed by atoms with van der Waals surface area (Å²) in [7, 11) is 0. The van der Waals surface area contributed by atoms with Gasteiger partial charge in [0.15, 0.2) is 0 Å². The summed E-state index contributed by atoms with van der Waals surface area (Å²) < 4.78 is 0. The van der Waals surface area contributed by atoms with Gasteiger partial charge in [0.1, 0.15) is 6.04 Å². The smallest absolute Gasteiger partial charge is 0.243 e. The lowest BCUT2D eigenvalue weighted by molar-refractivity contribution is -0.141. The molecule has 156 valence electrons. The Balaban J connectivity index is 2.26. The van der Waals surface area contributed by atoms with Gasteiger partial charge in [0.2, 0.25) is 11.8 Å². The van der Waals surface area contributed by atoms with Crippen LogP contribution < -0.4 is 5.32 Å². The fourth-order valence-corrected chi connectivity index (χ4v) is 3.26. The molecule has 0 aliphatic carbocycles. The molecule has 2 atom stereocenters. The SMILES string of the molecule is CC[C@H](C(=O)N[C@@H](C)CC)N(Cc1ccc(Cl)cc1)C(=O)Cc1ccc(C)cc1. The number of rotatable bonds is 9. The molecule has 2 aromatic carbocycles. The van der Waals surface area contributed by atoms with Crippen molar-refractivity contribution in [3.63, 3.8) is 0 Å². The van der Waals surface area contributed by atoms with Gasteiger partial charge >= 0.3 is 0 Å². The highest BCUT2D eigenvalue weighted by atomic mass is 35.5. The molecule has 0 saturated heterocycles.